The first-order valence-electron chi connectivity index (χ1n) is 6.82. The molecule has 0 saturated carbocycles. The van der Waals surface area contributed by atoms with Crippen LogP contribution in [0.5, 0.6) is 0 Å². The minimum Gasteiger partial charge on any atom is -0.478 e. The minimum atomic E-state index is -0.875. The Morgan fingerprint density at radius 2 is 2.32 bits per heavy atom. The fraction of sp³-hybridized carbons (Fsp3) is 0.533. The fourth-order valence-corrected chi connectivity index (χ4v) is 2.54. The van der Waals surface area contributed by atoms with Crippen molar-refractivity contribution in [2.75, 3.05) is 11.9 Å². The maximum atomic E-state index is 11.1. The van der Waals surface area contributed by atoms with Crippen LogP contribution in [0.1, 0.15) is 42.1 Å². The maximum absolute atomic E-state index is 11.1. The van der Waals surface area contributed by atoms with Crippen molar-refractivity contribution in [3.8, 4) is 0 Å². The summed E-state index contributed by atoms with van der Waals surface area (Å²) in [6.07, 6.45) is 3.28. The van der Waals surface area contributed by atoms with Gasteiger partial charge in [0.2, 0.25) is 0 Å². The Kier molecular flexibility index (Phi) is 4.43. The second kappa shape index (κ2) is 6.06. The molecule has 0 aromatic heterocycles. The van der Waals surface area contributed by atoms with Crippen LogP contribution in [0, 0.1) is 6.92 Å². The van der Waals surface area contributed by atoms with Gasteiger partial charge in [-0.2, -0.15) is 0 Å². The van der Waals surface area contributed by atoms with E-state index < -0.39 is 5.97 Å². The van der Waals surface area contributed by atoms with Crippen molar-refractivity contribution in [1.29, 1.82) is 0 Å². The number of hydrogen-bond acceptors (Lipinski definition) is 3. The highest BCUT2D eigenvalue weighted by atomic mass is 16.5. The number of ether oxygens (including phenoxy) is 1. The lowest BCUT2D eigenvalue weighted by Crippen LogP contribution is -2.34. The van der Waals surface area contributed by atoms with E-state index in [0.29, 0.717) is 17.7 Å². The van der Waals surface area contributed by atoms with E-state index in [0.717, 1.165) is 37.1 Å². The summed E-state index contributed by atoms with van der Waals surface area (Å²) in [7, 11) is 0. The predicted molar refractivity (Wildman–Crippen MR) is 74.8 cm³/mol. The monoisotopic (exact) mass is 263 g/mol. The number of benzene rings is 1. The molecule has 1 aromatic rings. The van der Waals surface area contributed by atoms with Crippen LogP contribution in [0.2, 0.25) is 0 Å². The van der Waals surface area contributed by atoms with Crippen molar-refractivity contribution < 1.29 is 14.6 Å². The number of nitrogens with one attached hydrogen (secondary N) is 1. The molecule has 4 heteroatoms. The third kappa shape index (κ3) is 3.26. The summed E-state index contributed by atoms with van der Waals surface area (Å²) in [6.45, 7) is 4.75. The fourth-order valence-electron chi connectivity index (χ4n) is 2.54. The summed E-state index contributed by atoms with van der Waals surface area (Å²) in [5, 5.41) is 12.6. The highest BCUT2D eigenvalue weighted by Gasteiger charge is 2.22. The zero-order valence-electron chi connectivity index (χ0n) is 11.5. The summed E-state index contributed by atoms with van der Waals surface area (Å²) in [6, 6.07) is 5.73. The minimum absolute atomic E-state index is 0.314. The molecule has 2 unspecified atom stereocenters. The predicted octanol–water partition coefficient (Wildman–Crippen LogP) is 3.06. The van der Waals surface area contributed by atoms with Crippen molar-refractivity contribution in [1.82, 2.24) is 0 Å². The summed E-state index contributed by atoms with van der Waals surface area (Å²) >= 11 is 0. The van der Waals surface area contributed by atoms with E-state index in [1.165, 1.54) is 0 Å². The second-order valence-electron chi connectivity index (χ2n) is 5.05. The van der Waals surface area contributed by atoms with Crippen molar-refractivity contribution in [3.63, 3.8) is 0 Å². The smallest absolute Gasteiger partial charge is 0.336 e. The van der Waals surface area contributed by atoms with Crippen molar-refractivity contribution in [3.05, 3.63) is 29.3 Å². The van der Waals surface area contributed by atoms with Gasteiger partial charge in [0, 0.05) is 18.3 Å². The Balaban J connectivity index is 2.10. The normalized spacial score (nSPS) is 23.1. The molecule has 0 bridgehead atoms. The van der Waals surface area contributed by atoms with Gasteiger partial charge in [0.15, 0.2) is 0 Å². The highest BCUT2D eigenvalue weighted by Crippen LogP contribution is 2.24. The number of rotatable bonds is 4. The quantitative estimate of drug-likeness (QED) is 0.876. The SMILES string of the molecule is CCC1CC(Nc2cccc(C(=O)O)c2C)CCO1. The van der Waals surface area contributed by atoms with Gasteiger partial charge < -0.3 is 15.2 Å². The van der Waals surface area contributed by atoms with Gasteiger partial charge in [-0.25, -0.2) is 4.79 Å². The first-order chi connectivity index (χ1) is 9.11. The van der Waals surface area contributed by atoms with E-state index in [4.69, 9.17) is 9.84 Å². The lowest BCUT2D eigenvalue weighted by Gasteiger charge is -2.30. The summed E-state index contributed by atoms with van der Waals surface area (Å²) in [5.41, 5.74) is 2.08. The number of carboxylic acids is 1. The van der Waals surface area contributed by atoms with Crippen LogP contribution >= 0.6 is 0 Å². The third-order valence-corrected chi connectivity index (χ3v) is 3.75. The average Bonchev–Trinajstić information content (AvgIpc) is 2.41. The summed E-state index contributed by atoms with van der Waals surface area (Å²) in [5.74, 6) is -0.875. The zero-order valence-corrected chi connectivity index (χ0v) is 11.5. The van der Waals surface area contributed by atoms with Crippen molar-refractivity contribution in [2.45, 2.75) is 45.3 Å². The van der Waals surface area contributed by atoms with Gasteiger partial charge in [0.25, 0.3) is 0 Å². The molecular weight excluding hydrogens is 242 g/mol. The van der Waals surface area contributed by atoms with Gasteiger partial charge >= 0.3 is 5.97 Å². The molecule has 2 atom stereocenters. The first kappa shape index (κ1) is 13.9. The first-order valence-corrected chi connectivity index (χ1v) is 6.82. The van der Waals surface area contributed by atoms with E-state index in [2.05, 4.69) is 12.2 Å². The molecule has 1 fully saturated rings. The van der Waals surface area contributed by atoms with E-state index >= 15 is 0 Å². The molecule has 1 saturated heterocycles. The molecule has 2 N–H and O–H groups in total. The van der Waals surface area contributed by atoms with Crippen molar-refractivity contribution in [2.24, 2.45) is 0 Å². The number of anilines is 1. The van der Waals surface area contributed by atoms with E-state index in [-0.39, 0.29) is 0 Å². The van der Waals surface area contributed by atoms with Crippen LogP contribution in [0.15, 0.2) is 18.2 Å². The molecule has 104 valence electrons. The zero-order chi connectivity index (χ0) is 13.8. The lowest BCUT2D eigenvalue weighted by atomic mass is 10.00. The Morgan fingerprint density at radius 3 is 3.00 bits per heavy atom. The van der Waals surface area contributed by atoms with Gasteiger partial charge in [-0.3, -0.25) is 0 Å². The number of carbonyl (C=O) groups is 1. The largest absolute Gasteiger partial charge is 0.478 e. The summed E-state index contributed by atoms with van der Waals surface area (Å²) < 4.78 is 5.65. The number of hydrogen-bond donors (Lipinski definition) is 2. The van der Waals surface area contributed by atoms with Gasteiger partial charge in [-0.1, -0.05) is 13.0 Å². The molecule has 0 amide bonds. The Hall–Kier alpha value is -1.55. The van der Waals surface area contributed by atoms with E-state index in [9.17, 15) is 4.79 Å². The molecule has 1 aliphatic rings. The molecular formula is C15H21NO3. The molecule has 4 nitrogen and oxygen atoms in total. The van der Waals surface area contributed by atoms with Crippen LogP contribution < -0.4 is 5.32 Å². The molecule has 2 rings (SSSR count). The molecule has 19 heavy (non-hydrogen) atoms. The Labute approximate surface area is 113 Å². The van der Waals surface area contributed by atoms with Crippen LogP contribution in [0.25, 0.3) is 0 Å². The van der Waals surface area contributed by atoms with E-state index in [1.807, 2.05) is 13.0 Å². The van der Waals surface area contributed by atoms with Gasteiger partial charge in [0.1, 0.15) is 0 Å². The molecule has 0 aliphatic carbocycles. The van der Waals surface area contributed by atoms with Crippen LogP contribution in [-0.4, -0.2) is 29.8 Å². The highest BCUT2D eigenvalue weighted by molar-refractivity contribution is 5.91. The maximum Gasteiger partial charge on any atom is 0.336 e. The average molecular weight is 263 g/mol. The van der Waals surface area contributed by atoms with Gasteiger partial charge in [-0.15, -0.1) is 0 Å². The van der Waals surface area contributed by atoms with E-state index in [1.54, 1.807) is 12.1 Å². The molecule has 1 aromatic carbocycles. The lowest BCUT2D eigenvalue weighted by molar-refractivity contribution is 0.00924. The number of carboxylic acid groups (broad SMARTS) is 1. The van der Waals surface area contributed by atoms with Gasteiger partial charge in [-0.05, 0) is 43.9 Å². The summed E-state index contributed by atoms with van der Waals surface area (Å²) in [4.78, 5) is 11.1. The molecule has 1 heterocycles. The Morgan fingerprint density at radius 1 is 1.53 bits per heavy atom. The van der Waals surface area contributed by atoms with Crippen molar-refractivity contribution >= 4 is 11.7 Å². The molecule has 0 spiro atoms. The number of aromatic carboxylic acids is 1. The Bertz CT molecular complexity index is 459. The third-order valence-electron chi connectivity index (χ3n) is 3.75. The van der Waals surface area contributed by atoms with Crippen LogP contribution in [-0.2, 0) is 4.74 Å². The van der Waals surface area contributed by atoms with Crippen LogP contribution in [0.3, 0.4) is 0 Å². The standard InChI is InChI=1S/C15H21NO3/c1-3-12-9-11(7-8-19-12)16-14-6-4-5-13(10(14)2)15(17)18/h4-6,11-12,16H,3,7-9H2,1-2H3,(H,17,18). The molecule has 1 aliphatic heterocycles. The van der Waals surface area contributed by atoms with Gasteiger partial charge in [0.05, 0.1) is 11.7 Å². The topological polar surface area (TPSA) is 58.6 Å². The van der Waals surface area contributed by atoms with Crippen LogP contribution in [0.4, 0.5) is 5.69 Å². The molecule has 0 radical (unpaired) electrons. The second-order valence-corrected chi connectivity index (χ2v) is 5.05.